The van der Waals surface area contributed by atoms with Crippen LogP contribution in [0, 0.1) is 5.41 Å². The molecule has 2 aromatic carbocycles. The van der Waals surface area contributed by atoms with Gasteiger partial charge < -0.3 is 28.6 Å². The Labute approximate surface area is 243 Å². The van der Waals surface area contributed by atoms with E-state index >= 15 is 0 Å². The average molecular weight is 580 g/mol. The van der Waals surface area contributed by atoms with Gasteiger partial charge in [0, 0.05) is 24.6 Å². The molecule has 222 valence electrons. The van der Waals surface area contributed by atoms with E-state index in [1.807, 2.05) is 12.1 Å². The molecule has 1 unspecified atom stereocenters. The van der Waals surface area contributed by atoms with Crippen LogP contribution in [-0.2, 0) is 39.7 Å². The van der Waals surface area contributed by atoms with Gasteiger partial charge in [0.2, 0.25) is 6.29 Å². The van der Waals surface area contributed by atoms with Crippen molar-refractivity contribution < 1.29 is 42.9 Å². The van der Waals surface area contributed by atoms with E-state index in [1.165, 1.54) is 20.1 Å². The topological polar surface area (TPSA) is 154 Å². The van der Waals surface area contributed by atoms with Crippen molar-refractivity contribution in [1.29, 1.82) is 5.41 Å². The minimum atomic E-state index is -1.07. The van der Waals surface area contributed by atoms with Gasteiger partial charge in [0.1, 0.15) is 18.2 Å². The van der Waals surface area contributed by atoms with Crippen LogP contribution in [-0.4, -0.2) is 63.1 Å². The first kappa shape index (κ1) is 31.4. The number of rotatable bonds is 12. The number of carbonyl (C=O) groups is 4. The van der Waals surface area contributed by atoms with Gasteiger partial charge in [-0.25, -0.2) is 9.59 Å². The maximum absolute atomic E-state index is 13.4. The normalized spacial score (nSPS) is 13.2. The lowest BCUT2D eigenvalue weighted by molar-refractivity contribution is -0.167. The molecule has 0 fully saturated rings. The highest BCUT2D eigenvalue weighted by Crippen LogP contribution is 2.32. The molecule has 1 aliphatic heterocycles. The number of methoxy groups -OCH3 is 1. The van der Waals surface area contributed by atoms with Crippen LogP contribution in [0.1, 0.15) is 37.0 Å². The summed E-state index contributed by atoms with van der Waals surface area (Å²) < 4.78 is 24.9. The molecule has 3 rings (SSSR count). The van der Waals surface area contributed by atoms with Crippen molar-refractivity contribution in [3.63, 3.8) is 0 Å². The second-order valence-corrected chi connectivity index (χ2v) is 8.88. The van der Waals surface area contributed by atoms with Gasteiger partial charge in [-0.05, 0) is 48.7 Å². The minimum Gasteiger partial charge on any atom is -0.498 e. The van der Waals surface area contributed by atoms with Gasteiger partial charge in [-0.1, -0.05) is 36.9 Å². The Morgan fingerprint density at radius 1 is 1.07 bits per heavy atom. The summed E-state index contributed by atoms with van der Waals surface area (Å²) >= 11 is 0. The SMILES string of the molecule is C=CCOC(=O)NC(=N)c1ccc(N2CC(OC)=C(c3ccc(CCC(=O)OC(C)OC(=O)OCC)cc3)C2=O)cc1. The average Bonchev–Trinajstić information content (AvgIpc) is 3.31. The van der Waals surface area contributed by atoms with Gasteiger partial charge in [-0.3, -0.25) is 20.3 Å². The van der Waals surface area contributed by atoms with E-state index < -0.39 is 24.5 Å². The zero-order chi connectivity index (χ0) is 30.6. The third-order valence-corrected chi connectivity index (χ3v) is 6.00. The molecule has 0 spiro atoms. The Hall–Kier alpha value is -5.13. The third kappa shape index (κ3) is 8.43. The number of nitrogens with one attached hydrogen (secondary N) is 2. The molecule has 1 heterocycles. The van der Waals surface area contributed by atoms with Crippen LogP contribution < -0.4 is 10.2 Å². The molecule has 42 heavy (non-hydrogen) atoms. The highest BCUT2D eigenvalue weighted by Gasteiger charge is 2.33. The van der Waals surface area contributed by atoms with Gasteiger partial charge in [0.15, 0.2) is 0 Å². The van der Waals surface area contributed by atoms with Crippen LogP contribution in [0.4, 0.5) is 15.3 Å². The van der Waals surface area contributed by atoms with Crippen LogP contribution in [0.2, 0.25) is 0 Å². The summed E-state index contributed by atoms with van der Waals surface area (Å²) in [6.07, 6.45) is -0.882. The minimum absolute atomic E-state index is 0.0264. The predicted octanol–water partition coefficient (Wildman–Crippen LogP) is 4.32. The molecular formula is C30H33N3O9. The number of aryl methyl sites for hydroxylation is 1. The van der Waals surface area contributed by atoms with Crippen molar-refractivity contribution in [2.24, 2.45) is 0 Å². The van der Waals surface area contributed by atoms with Crippen LogP contribution >= 0.6 is 0 Å². The summed E-state index contributed by atoms with van der Waals surface area (Å²) in [7, 11) is 1.50. The van der Waals surface area contributed by atoms with Crippen LogP contribution in [0.15, 0.2) is 66.9 Å². The monoisotopic (exact) mass is 579 g/mol. The Balaban J connectivity index is 1.60. The predicted molar refractivity (Wildman–Crippen MR) is 153 cm³/mol. The Kier molecular flexibility index (Phi) is 11.2. The van der Waals surface area contributed by atoms with E-state index in [0.29, 0.717) is 34.6 Å². The fourth-order valence-electron chi connectivity index (χ4n) is 4.00. The fourth-order valence-corrected chi connectivity index (χ4v) is 4.00. The molecule has 1 atom stereocenters. The smallest absolute Gasteiger partial charge is 0.498 e. The molecule has 2 aromatic rings. The first-order valence-electron chi connectivity index (χ1n) is 13.1. The molecule has 12 heteroatoms. The molecule has 0 saturated heterocycles. The zero-order valence-electron chi connectivity index (χ0n) is 23.6. The van der Waals surface area contributed by atoms with E-state index in [-0.39, 0.29) is 37.9 Å². The number of anilines is 1. The standard InChI is InChI=1S/C30H33N3O9/c1-5-17-40-29(36)32-27(31)22-12-14-23(15-13-22)33-18-24(38-4)26(28(33)35)21-10-7-20(8-11-21)9-16-25(34)41-19(3)42-30(37)39-6-2/h5,7-8,10-15,19H,1,6,9,16-18H2,2-4H3,(H2,31,32,36). The highest BCUT2D eigenvalue weighted by molar-refractivity contribution is 6.29. The summed E-state index contributed by atoms with van der Waals surface area (Å²) in [5.74, 6) is -0.442. The summed E-state index contributed by atoms with van der Waals surface area (Å²) in [6, 6.07) is 13.8. The number of benzene rings is 2. The van der Waals surface area contributed by atoms with Gasteiger partial charge in [-0.15, -0.1) is 0 Å². The van der Waals surface area contributed by atoms with Gasteiger partial charge in [0.05, 0.1) is 25.8 Å². The summed E-state index contributed by atoms with van der Waals surface area (Å²) in [5.41, 5.74) is 2.93. The number of amidine groups is 1. The van der Waals surface area contributed by atoms with E-state index in [4.69, 9.17) is 24.4 Å². The number of nitrogens with zero attached hydrogens (tertiary/aromatic N) is 1. The van der Waals surface area contributed by atoms with Crippen molar-refractivity contribution in [2.75, 3.05) is 31.8 Å². The van der Waals surface area contributed by atoms with Gasteiger partial charge in [-0.2, -0.15) is 0 Å². The molecule has 0 bridgehead atoms. The van der Waals surface area contributed by atoms with Crippen LogP contribution in [0.5, 0.6) is 0 Å². The largest absolute Gasteiger partial charge is 0.511 e. The molecule has 2 amide bonds. The quantitative estimate of drug-likeness (QED) is 0.0934. The number of alkyl carbamates (subject to hydrolysis) is 1. The summed E-state index contributed by atoms with van der Waals surface area (Å²) in [5, 5.41) is 10.4. The molecule has 2 N–H and O–H groups in total. The van der Waals surface area contributed by atoms with Gasteiger partial charge in [0.25, 0.3) is 5.91 Å². The molecule has 0 saturated carbocycles. The van der Waals surface area contributed by atoms with Crippen LogP contribution in [0.3, 0.4) is 0 Å². The molecule has 0 aliphatic carbocycles. The molecule has 12 nitrogen and oxygen atoms in total. The molecule has 0 aromatic heterocycles. The summed E-state index contributed by atoms with van der Waals surface area (Å²) in [4.78, 5) is 50.1. The first-order valence-corrected chi connectivity index (χ1v) is 13.1. The molecule has 0 radical (unpaired) electrons. The van der Waals surface area contributed by atoms with E-state index in [2.05, 4.69) is 16.6 Å². The maximum atomic E-state index is 13.4. The first-order chi connectivity index (χ1) is 20.2. The fraction of sp³-hybridized carbons (Fsp3) is 0.300. The number of hydrogen-bond acceptors (Lipinski definition) is 10. The van der Waals surface area contributed by atoms with E-state index in [0.717, 1.165) is 5.56 Å². The lowest BCUT2D eigenvalue weighted by atomic mass is 10.0. The number of ether oxygens (including phenoxy) is 5. The third-order valence-electron chi connectivity index (χ3n) is 6.00. The van der Waals surface area contributed by atoms with Crippen molar-refractivity contribution in [3.05, 3.63) is 83.6 Å². The highest BCUT2D eigenvalue weighted by atomic mass is 16.8. The molecule has 1 aliphatic rings. The van der Waals surface area contributed by atoms with Gasteiger partial charge >= 0.3 is 18.2 Å². The number of hydrogen-bond donors (Lipinski definition) is 2. The van der Waals surface area contributed by atoms with Crippen molar-refractivity contribution in [3.8, 4) is 0 Å². The lowest BCUT2D eigenvalue weighted by Gasteiger charge is -2.17. The van der Waals surface area contributed by atoms with Crippen LogP contribution in [0.25, 0.3) is 5.57 Å². The number of amides is 2. The Morgan fingerprint density at radius 2 is 1.76 bits per heavy atom. The lowest BCUT2D eigenvalue weighted by Crippen LogP contribution is -2.31. The number of esters is 1. The Bertz CT molecular complexity index is 1350. The second kappa shape index (κ2) is 15.0. The maximum Gasteiger partial charge on any atom is 0.511 e. The zero-order valence-corrected chi connectivity index (χ0v) is 23.6. The second-order valence-electron chi connectivity index (χ2n) is 8.88. The molecular weight excluding hydrogens is 546 g/mol. The van der Waals surface area contributed by atoms with Crippen molar-refractivity contribution >= 4 is 41.2 Å². The van der Waals surface area contributed by atoms with Crippen molar-refractivity contribution in [1.82, 2.24) is 5.32 Å². The number of carbonyl (C=O) groups excluding carboxylic acids is 4. The van der Waals surface area contributed by atoms with E-state index in [9.17, 15) is 19.2 Å². The Morgan fingerprint density at radius 3 is 2.38 bits per heavy atom. The summed E-state index contributed by atoms with van der Waals surface area (Å²) in [6.45, 7) is 6.91. The van der Waals surface area contributed by atoms with E-state index in [1.54, 1.807) is 48.2 Å². The van der Waals surface area contributed by atoms with Crippen molar-refractivity contribution in [2.45, 2.75) is 33.0 Å².